The molecule has 0 aliphatic carbocycles. The molecule has 0 atom stereocenters. The summed E-state index contributed by atoms with van der Waals surface area (Å²) in [5.74, 6) is 0. The van der Waals surface area contributed by atoms with Crippen molar-refractivity contribution in [3.8, 4) is 0 Å². The van der Waals surface area contributed by atoms with Gasteiger partial charge in [-0.1, -0.05) is 39.3 Å². The van der Waals surface area contributed by atoms with E-state index in [2.05, 4.69) is 48.0 Å². The van der Waals surface area contributed by atoms with E-state index >= 15 is 0 Å². The Morgan fingerprint density at radius 2 is 1.25 bits per heavy atom. The van der Waals surface area contributed by atoms with Gasteiger partial charge in [0.25, 0.3) is 0 Å². The molecule has 3 nitrogen and oxygen atoms in total. The quantitative estimate of drug-likeness (QED) is 0.580. The van der Waals surface area contributed by atoms with Crippen LogP contribution in [0.25, 0.3) is 0 Å². The van der Waals surface area contributed by atoms with Crippen molar-refractivity contribution in [1.29, 1.82) is 0 Å². The van der Waals surface area contributed by atoms with Crippen LogP contribution in [0.5, 0.6) is 0 Å². The molecule has 1 heterocycles. The minimum Gasteiger partial charge on any atom is -0.336 e. The first-order valence-corrected chi connectivity index (χ1v) is 14.1. The zero-order valence-electron chi connectivity index (χ0n) is 11.9. The van der Waals surface area contributed by atoms with Crippen LogP contribution in [0.15, 0.2) is 0 Å². The van der Waals surface area contributed by atoms with Crippen LogP contribution in [0.2, 0.25) is 39.3 Å². The van der Waals surface area contributed by atoms with Crippen molar-refractivity contribution in [3.05, 3.63) is 0 Å². The van der Waals surface area contributed by atoms with E-state index in [0.29, 0.717) is 0 Å². The molecule has 1 rings (SSSR count). The third-order valence-corrected chi connectivity index (χ3v) is 12.6. The summed E-state index contributed by atoms with van der Waals surface area (Å²) < 4.78 is 11.2. The van der Waals surface area contributed by atoms with Gasteiger partial charge in [0.2, 0.25) is 0 Å². The van der Waals surface area contributed by atoms with Crippen LogP contribution in [0.4, 0.5) is 0 Å². The van der Waals surface area contributed by atoms with Crippen molar-refractivity contribution in [3.63, 3.8) is 0 Å². The summed E-state index contributed by atoms with van der Waals surface area (Å²) in [4.78, 5) is 0. The van der Waals surface area contributed by atoms with Crippen molar-refractivity contribution in [2.24, 2.45) is 0 Å². The topological polar surface area (TPSA) is 15.7 Å². The molecule has 1 aliphatic heterocycles. The Bertz CT molecular complexity index is 218. The first-order chi connectivity index (χ1) is 7.18. The highest BCUT2D eigenvalue weighted by Crippen LogP contribution is 2.52. The summed E-state index contributed by atoms with van der Waals surface area (Å²) >= 11 is 0. The molecule has 1 fully saturated rings. The maximum absolute atomic E-state index is 5.86. The van der Waals surface area contributed by atoms with Crippen LogP contribution in [-0.2, 0) is 4.52 Å². The second kappa shape index (κ2) is 5.16. The van der Waals surface area contributed by atoms with Gasteiger partial charge in [0, 0.05) is 7.11 Å². The molecule has 0 spiro atoms. The van der Waals surface area contributed by atoms with Gasteiger partial charge in [-0.3, -0.25) is 8.67 Å². The van der Waals surface area contributed by atoms with Crippen molar-refractivity contribution in [2.75, 3.05) is 20.2 Å². The average molecular weight is 278 g/mol. The molecule has 0 aromatic carbocycles. The number of rotatable bonds is 3. The van der Waals surface area contributed by atoms with E-state index in [1.165, 1.54) is 19.5 Å². The molecular formula is C10H27N2OPSi2. The Kier molecular flexibility index (Phi) is 4.78. The monoisotopic (exact) mass is 278 g/mol. The fraction of sp³-hybridized carbons (Fsp3) is 1.00. The summed E-state index contributed by atoms with van der Waals surface area (Å²) in [5, 5.41) is 0. The Morgan fingerprint density at radius 3 is 1.50 bits per heavy atom. The lowest BCUT2D eigenvalue weighted by atomic mass is 10.4. The SMILES string of the molecule is COP1N([Si](C)(C)C)CCCN1[Si](C)(C)C. The molecule has 1 aliphatic rings. The van der Waals surface area contributed by atoms with Crippen LogP contribution in [0, 0.1) is 0 Å². The molecular weight excluding hydrogens is 251 g/mol. The smallest absolute Gasteiger partial charge is 0.173 e. The molecule has 0 amide bonds. The third kappa shape index (κ3) is 3.37. The third-order valence-electron chi connectivity index (χ3n) is 2.86. The van der Waals surface area contributed by atoms with Gasteiger partial charge in [0.05, 0.1) is 0 Å². The summed E-state index contributed by atoms with van der Waals surface area (Å²) in [5.41, 5.74) is 0. The molecule has 0 unspecified atom stereocenters. The van der Waals surface area contributed by atoms with Gasteiger partial charge in [-0.2, -0.15) is 0 Å². The predicted octanol–water partition coefficient (Wildman–Crippen LogP) is 3.54. The van der Waals surface area contributed by atoms with Gasteiger partial charge in [0.1, 0.15) is 16.5 Å². The number of hydrogen-bond acceptors (Lipinski definition) is 3. The molecule has 0 saturated carbocycles. The minimum absolute atomic E-state index is 0.482. The largest absolute Gasteiger partial charge is 0.336 e. The highest BCUT2D eigenvalue weighted by atomic mass is 31.2. The zero-order chi connectivity index (χ0) is 12.6. The second-order valence-electron chi connectivity index (χ2n) is 6.38. The Balaban J connectivity index is 2.90. The van der Waals surface area contributed by atoms with Crippen molar-refractivity contribution >= 4 is 24.9 Å². The van der Waals surface area contributed by atoms with Crippen molar-refractivity contribution in [1.82, 2.24) is 8.67 Å². The van der Waals surface area contributed by atoms with E-state index < -0.39 is 24.9 Å². The summed E-state index contributed by atoms with van der Waals surface area (Å²) in [6.45, 7) is 17.0. The second-order valence-corrected chi connectivity index (χ2v) is 18.7. The molecule has 96 valence electrons. The lowest BCUT2D eigenvalue weighted by molar-refractivity contribution is 0.347. The van der Waals surface area contributed by atoms with Crippen molar-refractivity contribution in [2.45, 2.75) is 45.7 Å². The van der Waals surface area contributed by atoms with Gasteiger partial charge in [-0.15, -0.1) is 0 Å². The Hall–Kier alpha value is 0.744. The van der Waals surface area contributed by atoms with Crippen LogP contribution >= 0.6 is 8.45 Å². The summed E-state index contributed by atoms with van der Waals surface area (Å²) in [6.07, 6.45) is 1.30. The molecule has 0 aromatic rings. The zero-order valence-corrected chi connectivity index (χ0v) is 14.8. The average Bonchev–Trinajstić information content (AvgIpc) is 2.13. The normalized spacial score (nSPS) is 22.7. The molecule has 0 N–H and O–H groups in total. The van der Waals surface area contributed by atoms with E-state index in [-0.39, 0.29) is 0 Å². The van der Waals surface area contributed by atoms with E-state index in [9.17, 15) is 0 Å². The maximum atomic E-state index is 5.86. The first-order valence-electron chi connectivity index (χ1n) is 6.07. The Labute approximate surface area is 104 Å². The predicted molar refractivity (Wildman–Crippen MR) is 78.7 cm³/mol. The van der Waals surface area contributed by atoms with Gasteiger partial charge >= 0.3 is 0 Å². The maximum Gasteiger partial charge on any atom is 0.173 e. The van der Waals surface area contributed by atoms with Gasteiger partial charge in [-0.05, 0) is 19.5 Å². The Morgan fingerprint density at radius 1 is 0.875 bits per heavy atom. The standard InChI is InChI=1S/C10H27N2OPSi2/c1-13-14-11(15(2,3)4)9-8-10-12(14)16(5,6)7/h8-10H2,1-7H3. The van der Waals surface area contributed by atoms with E-state index in [4.69, 9.17) is 4.52 Å². The molecule has 0 bridgehead atoms. The van der Waals surface area contributed by atoms with Crippen molar-refractivity contribution < 1.29 is 4.52 Å². The van der Waals surface area contributed by atoms with Crippen LogP contribution in [-0.4, -0.2) is 45.3 Å². The van der Waals surface area contributed by atoms with Gasteiger partial charge in [0.15, 0.2) is 8.45 Å². The number of hydrogen-bond donors (Lipinski definition) is 0. The lowest BCUT2D eigenvalue weighted by Gasteiger charge is -2.51. The molecule has 16 heavy (non-hydrogen) atoms. The van der Waals surface area contributed by atoms with E-state index in [1.54, 1.807) is 0 Å². The molecule has 1 saturated heterocycles. The molecule has 0 aromatic heterocycles. The van der Waals surface area contributed by atoms with Crippen LogP contribution < -0.4 is 0 Å². The molecule has 6 heteroatoms. The minimum atomic E-state index is -1.24. The first kappa shape index (κ1) is 14.8. The van der Waals surface area contributed by atoms with E-state index in [0.717, 1.165) is 0 Å². The van der Waals surface area contributed by atoms with Crippen LogP contribution in [0.3, 0.4) is 0 Å². The fourth-order valence-corrected chi connectivity index (χ4v) is 10.5. The van der Waals surface area contributed by atoms with Crippen LogP contribution in [0.1, 0.15) is 6.42 Å². The fourth-order valence-electron chi connectivity index (χ4n) is 2.05. The number of nitrogens with zero attached hydrogens (tertiary/aromatic N) is 2. The highest BCUT2D eigenvalue weighted by molar-refractivity contribution is 7.52. The van der Waals surface area contributed by atoms with E-state index in [1.807, 2.05) is 7.11 Å². The molecule has 0 radical (unpaired) electrons. The lowest BCUT2D eigenvalue weighted by Crippen LogP contribution is -2.55. The highest BCUT2D eigenvalue weighted by Gasteiger charge is 2.42. The summed E-state index contributed by atoms with van der Waals surface area (Å²) in [6, 6.07) is 0. The summed E-state index contributed by atoms with van der Waals surface area (Å²) in [7, 11) is -1.08. The van der Waals surface area contributed by atoms with Gasteiger partial charge < -0.3 is 4.52 Å². The van der Waals surface area contributed by atoms with Gasteiger partial charge in [-0.25, -0.2) is 0 Å².